The summed E-state index contributed by atoms with van der Waals surface area (Å²) >= 11 is 3.42. The maximum atomic E-state index is 11.7. The lowest BCUT2D eigenvalue weighted by Crippen LogP contribution is -2.26. The average molecular weight is 283 g/mol. The Bertz CT molecular complexity index is 558. The van der Waals surface area contributed by atoms with E-state index in [1.165, 1.54) is 0 Å². The van der Waals surface area contributed by atoms with Gasteiger partial charge >= 0.3 is 5.69 Å². The van der Waals surface area contributed by atoms with Crippen LogP contribution in [0.5, 0.6) is 0 Å². The van der Waals surface area contributed by atoms with E-state index in [0.29, 0.717) is 12.2 Å². The highest BCUT2D eigenvalue weighted by Gasteiger charge is 2.10. The van der Waals surface area contributed by atoms with Crippen molar-refractivity contribution in [3.8, 4) is 0 Å². The van der Waals surface area contributed by atoms with Crippen molar-refractivity contribution >= 4 is 15.9 Å². The molecular weight excluding hydrogens is 272 g/mol. The van der Waals surface area contributed by atoms with E-state index in [0.717, 1.165) is 15.9 Å². The zero-order valence-electron chi connectivity index (χ0n) is 9.03. The van der Waals surface area contributed by atoms with Crippen molar-refractivity contribution in [1.82, 2.24) is 9.55 Å². The molecule has 0 N–H and O–H groups in total. The summed E-state index contributed by atoms with van der Waals surface area (Å²) in [5, 5.41) is 0. The second-order valence-electron chi connectivity index (χ2n) is 3.54. The van der Waals surface area contributed by atoms with Gasteiger partial charge in [-0.3, -0.25) is 4.57 Å². The molecule has 0 bridgehead atoms. The summed E-state index contributed by atoms with van der Waals surface area (Å²) in [6, 6.07) is 3.63. The van der Waals surface area contributed by atoms with Crippen molar-refractivity contribution in [2.75, 3.05) is 0 Å². The van der Waals surface area contributed by atoms with Crippen molar-refractivity contribution < 1.29 is 4.42 Å². The first-order chi connectivity index (χ1) is 7.59. The molecular formula is C11H11BrN2O2. The van der Waals surface area contributed by atoms with Crippen LogP contribution in [-0.2, 0) is 6.54 Å². The van der Waals surface area contributed by atoms with Gasteiger partial charge in [0, 0.05) is 5.69 Å². The lowest BCUT2D eigenvalue weighted by Gasteiger charge is -2.10. The molecule has 0 spiro atoms. The molecule has 16 heavy (non-hydrogen) atoms. The van der Waals surface area contributed by atoms with Gasteiger partial charge in [-0.25, -0.2) is 4.79 Å². The molecule has 5 heteroatoms. The van der Waals surface area contributed by atoms with Gasteiger partial charge in [-0.2, -0.15) is 4.98 Å². The molecule has 0 aliphatic rings. The summed E-state index contributed by atoms with van der Waals surface area (Å²) in [6.45, 7) is 4.09. The van der Waals surface area contributed by atoms with Crippen molar-refractivity contribution in [3.63, 3.8) is 0 Å². The predicted octanol–water partition coefficient (Wildman–Crippen LogP) is 2.26. The van der Waals surface area contributed by atoms with Gasteiger partial charge in [-0.1, -0.05) is 0 Å². The van der Waals surface area contributed by atoms with Gasteiger partial charge < -0.3 is 4.42 Å². The molecule has 0 aromatic carbocycles. The molecule has 2 rings (SSSR count). The SMILES string of the molecule is Cc1nc(=O)n(Cc2ccco2)c(C)c1Br. The molecule has 2 aromatic heterocycles. The summed E-state index contributed by atoms with van der Waals surface area (Å²) in [4.78, 5) is 15.7. The maximum Gasteiger partial charge on any atom is 0.348 e. The third-order valence-corrected chi connectivity index (χ3v) is 3.58. The Labute approximate surface area is 101 Å². The van der Waals surface area contributed by atoms with Gasteiger partial charge in [0.1, 0.15) is 5.76 Å². The van der Waals surface area contributed by atoms with E-state index in [2.05, 4.69) is 20.9 Å². The van der Waals surface area contributed by atoms with Crippen molar-refractivity contribution in [2.45, 2.75) is 20.4 Å². The third kappa shape index (κ3) is 1.95. The minimum atomic E-state index is -0.255. The van der Waals surface area contributed by atoms with Gasteiger partial charge in [-0.15, -0.1) is 0 Å². The quantitative estimate of drug-likeness (QED) is 0.849. The Kier molecular flexibility index (Phi) is 2.96. The van der Waals surface area contributed by atoms with Crippen LogP contribution in [0.3, 0.4) is 0 Å². The van der Waals surface area contributed by atoms with Crippen LogP contribution in [0.25, 0.3) is 0 Å². The van der Waals surface area contributed by atoms with E-state index >= 15 is 0 Å². The van der Waals surface area contributed by atoms with E-state index in [1.807, 2.05) is 13.0 Å². The summed E-state index contributed by atoms with van der Waals surface area (Å²) in [6.07, 6.45) is 1.59. The van der Waals surface area contributed by atoms with E-state index in [9.17, 15) is 4.79 Å². The molecule has 0 radical (unpaired) electrons. The van der Waals surface area contributed by atoms with E-state index in [1.54, 1.807) is 23.8 Å². The van der Waals surface area contributed by atoms with E-state index in [4.69, 9.17) is 4.42 Å². The molecule has 0 aliphatic heterocycles. The number of aromatic nitrogens is 2. The molecule has 0 saturated heterocycles. The number of hydrogen-bond donors (Lipinski definition) is 0. The summed E-state index contributed by atoms with van der Waals surface area (Å²) in [5.74, 6) is 0.739. The maximum absolute atomic E-state index is 11.7. The van der Waals surface area contributed by atoms with Gasteiger partial charge in [0.2, 0.25) is 0 Å². The molecule has 0 fully saturated rings. The Hall–Kier alpha value is -1.36. The average Bonchev–Trinajstić information content (AvgIpc) is 2.74. The van der Waals surface area contributed by atoms with Crippen LogP contribution >= 0.6 is 15.9 Å². The highest BCUT2D eigenvalue weighted by molar-refractivity contribution is 9.10. The smallest absolute Gasteiger partial charge is 0.348 e. The van der Waals surface area contributed by atoms with Crippen molar-refractivity contribution in [3.05, 3.63) is 50.5 Å². The molecule has 2 heterocycles. The number of nitrogens with zero attached hydrogens (tertiary/aromatic N) is 2. The lowest BCUT2D eigenvalue weighted by atomic mass is 10.3. The Morgan fingerprint density at radius 2 is 2.25 bits per heavy atom. The molecule has 4 nitrogen and oxygen atoms in total. The van der Waals surface area contributed by atoms with Crippen molar-refractivity contribution in [2.24, 2.45) is 0 Å². The number of hydrogen-bond acceptors (Lipinski definition) is 3. The van der Waals surface area contributed by atoms with E-state index < -0.39 is 0 Å². The second kappa shape index (κ2) is 4.25. The normalized spacial score (nSPS) is 10.7. The fourth-order valence-electron chi connectivity index (χ4n) is 1.52. The molecule has 0 saturated carbocycles. The minimum Gasteiger partial charge on any atom is -0.467 e. The van der Waals surface area contributed by atoms with Crippen LogP contribution in [0.4, 0.5) is 0 Å². The number of furan rings is 1. The van der Waals surface area contributed by atoms with Crippen LogP contribution in [0.2, 0.25) is 0 Å². The lowest BCUT2D eigenvalue weighted by molar-refractivity contribution is 0.483. The molecule has 0 atom stereocenters. The fourth-order valence-corrected chi connectivity index (χ4v) is 1.82. The van der Waals surface area contributed by atoms with Crippen LogP contribution in [0, 0.1) is 13.8 Å². The molecule has 84 valence electrons. The molecule has 2 aromatic rings. The first-order valence-electron chi connectivity index (χ1n) is 4.85. The topological polar surface area (TPSA) is 48.0 Å². The van der Waals surface area contributed by atoms with Gasteiger partial charge in [0.15, 0.2) is 0 Å². The Morgan fingerprint density at radius 3 is 2.88 bits per heavy atom. The first kappa shape index (κ1) is 11.1. The fraction of sp³-hybridized carbons (Fsp3) is 0.273. The zero-order chi connectivity index (χ0) is 11.7. The third-order valence-electron chi connectivity index (χ3n) is 2.43. The van der Waals surface area contributed by atoms with Crippen LogP contribution in [0.15, 0.2) is 32.1 Å². The summed E-state index contributed by atoms with van der Waals surface area (Å²) in [7, 11) is 0. The first-order valence-corrected chi connectivity index (χ1v) is 5.65. The molecule has 0 amide bonds. The molecule has 0 aliphatic carbocycles. The highest BCUT2D eigenvalue weighted by Crippen LogP contribution is 2.17. The number of rotatable bonds is 2. The van der Waals surface area contributed by atoms with Crippen LogP contribution in [-0.4, -0.2) is 9.55 Å². The minimum absolute atomic E-state index is 0.255. The Morgan fingerprint density at radius 1 is 1.50 bits per heavy atom. The second-order valence-corrected chi connectivity index (χ2v) is 4.34. The Balaban J connectivity index is 2.49. The summed E-state index contributed by atoms with van der Waals surface area (Å²) in [5.41, 5.74) is 1.31. The van der Waals surface area contributed by atoms with Crippen LogP contribution in [0.1, 0.15) is 17.1 Å². The standard InChI is InChI=1S/C11H11BrN2O2/c1-7-10(12)8(2)14(11(15)13-7)6-9-4-3-5-16-9/h3-5H,6H2,1-2H3. The van der Waals surface area contributed by atoms with Gasteiger partial charge in [0.05, 0.1) is 23.0 Å². The highest BCUT2D eigenvalue weighted by atomic mass is 79.9. The molecule has 0 unspecified atom stereocenters. The van der Waals surface area contributed by atoms with E-state index in [-0.39, 0.29) is 5.69 Å². The van der Waals surface area contributed by atoms with Crippen LogP contribution < -0.4 is 5.69 Å². The zero-order valence-corrected chi connectivity index (χ0v) is 10.6. The number of halogens is 1. The van der Waals surface area contributed by atoms with Gasteiger partial charge in [-0.05, 0) is 41.9 Å². The predicted molar refractivity (Wildman–Crippen MR) is 63.5 cm³/mol. The van der Waals surface area contributed by atoms with Crippen molar-refractivity contribution in [1.29, 1.82) is 0 Å². The monoisotopic (exact) mass is 282 g/mol. The van der Waals surface area contributed by atoms with Gasteiger partial charge in [0.25, 0.3) is 0 Å². The summed E-state index contributed by atoms with van der Waals surface area (Å²) < 4.78 is 7.65. The largest absolute Gasteiger partial charge is 0.467 e. The number of aryl methyl sites for hydroxylation is 1.